The zero-order valence-electron chi connectivity index (χ0n) is 9.76. The van der Waals surface area contributed by atoms with Crippen LogP contribution in [0.4, 0.5) is 0 Å². The smallest absolute Gasteiger partial charge is 0.311 e. The first kappa shape index (κ1) is 16.4. The van der Waals surface area contributed by atoms with E-state index in [4.69, 9.17) is 4.74 Å². The maximum absolute atomic E-state index is 11.4. The Balaban J connectivity index is 0. The van der Waals surface area contributed by atoms with Crippen molar-refractivity contribution in [2.24, 2.45) is 5.41 Å². The normalized spacial score (nSPS) is 10.6. The quantitative estimate of drug-likeness (QED) is 0.541. The van der Waals surface area contributed by atoms with E-state index in [-0.39, 0.29) is 28.4 Å². The van der Waals surface area contributed by atoms with Gasteiger partial charge in [-0.05, 0) is 27.2 Å². The highest BCUT2D eigenvalue weighted by molar-refractivity contribution is 8.93. The lowest BCUT2D eigenvalue weighted by atomic mass is 9.87. The zero-order valence-corrected chi connectivity index (χ0v) is 11.5. The molecule has 0 bridgehead atoms. The van der Waals surface area contributed by atoms with Crippen LogP contribution in [-0.2, 0) is 9.53 Å². The number of carbonyl (C=O) groups excluding carboxylic acids is 1. The summed E-state index contributed by atoms with van der Waals surface area (Å²) in [6.07, 6.45) is 4.43. The molecule has 0 aromatic rings. The van der Waals surface area contributed by atoms with Gasteiger partial charge in [0.25, 0.3) is 0 Å². The number of halogens is 1. The minimum absolute atomic E-state index is 0. The highest BCUT2D eigenvalue weighted by Crippen LogP contribution is 2.25. The van der Waals surface area contributed by atoms with E-state index in [0.717, 1.165) is 12.8 Å². The minimum atomic E-state index is -0.300. The lowest BCUT2D eigenvalue weighted by Crippen LogP contribution is -2.26. The molecule has 0 spiro atoms. The molecule has 2 nitrogen and oxygen atoms in total. The fraction of sp³-hybridized carbons (Fsp3) is 0.909. The van der Waals surface area contributed by atoms with Crippen LogP contribution in [0.3, 0.4) is 0 Å². The largest absolute Gasteiger partial charge is 0.466 e. The van der Waals surface area contributed by atoms with E-state index in [1.54, 1.807) is 0 Å². The van der Waals surface area contributed by atoms with Gasteiger partial charge in [-0.25, -0.2) is 0 Å². The Morgan fingerprint density at radius 2 is 1.79 bits per heavy atom. The summed E-state index contributed by atoms with van der Waals surface area (Å²) in [4.78, 5) is 11.4. The van der Waals surface area contributed by atoms with Crippen LogP contribution in [0.25, 0.3) is 0 Å². The second kappa shape index (κ2) is 8.27. The number of unbranched alkanes of at least 4 members (excludes halogenated alkanes) is 2. The van der Waals surface area contributed by atoms with Crippen molar-refractivity contribution in [3.63, 3.8) is 0 Å². The van der Waals surface area contributed by atoms with Gasteiger partial charge in [0, 0.05) is 0 Å². The van der Waals surface area contributed by atoms with E-state index in [9.17, 15) is 4.79 Å². The number of hydrogen-bond acceptors (Lipinski definition) is 2. The van der Waals surface area contributed by atoms with Crippen LogP contribution >= 0.6 is 17.0 Å². The van der Waals surface area contributed by atoms with Crippen LogP contribution in [-0.4, -0.2) is 12.6 Å². The first-order chi connectivity index (χ1) is 6.04. The van der Waals surface area contributed by atoms with Crippen molar-refractivity contribution in [3.8, 4) is 0 Å². The van der Waals surface area contributed by atoms with Crippen LogP contribution in [0.15, 0.2) is 0 Å². The van der Waals surface area contributed by atoms with Crippen molar-refractivity contribution in [2.75, 3.05) is 6.61 Å². The molecule has 0 saturated carbocycles. The molecule has 0 fully saturated rings. The fourth-order valence-electron chi connectivity index (χ4n) is 1.25. The van der Waals surface area contributed by atoms with Crippen LogP contribution in [0.5, 0.6) is 0 Å². The predicted octanol–water partition coefficient (Wildman–Crippen LogP) is 3.73. The third-order valence-corrected chi connectivity index (χ3v) is 2.23. The number of ether oxygens (including phenoxy) is 1. The van der Waals surface area contributed by atoms with Crippen molar-refractivity contribution in [1.82, 2.24) is 0 Å². The Morgan fingerprint density at radius 3 is 2.21 bits per heavy atom. The Bertz CT molecular complexity index is 155. The highest BCUT2D eigenvalue weighted by atomic mass is 79.9. The zero-order chi connectivity index (χ0) is 10.3. The molecule has 0 aromatic heterocycles. The van der Waals surface area contributed by atoms with Gasteiger partial charge in [-0.3, -0.25) is 4.79 Å². The summed E-state index contributed by atoms with van der Waals surface area (Å²) in [6.45, 7) is 8.41. The molecule has 14 heavy (non-hydrogen) atoms. The SMILES string of the molecule is Br.CCCCCC(C)(C)C(=O)OCC. The van der Waals surface area contributed by atoms with Gasteiger partial charge < -0.3 is 4.74 Å². The van der Waals surface area contributed by atoms with Gasteiger partial charge in [0.1, 0.15) is 0 Å². The number of carbonyl (C=O) groups is 1. The fourth-order valence-corrected chi connectivity index (χ4v) is 1.25. The molecule has 0 N–H and O–H groups in total. The molecule has 0 unspecified atom stereocenters. The molecule has 0 aliphatic heterocycles. The van der Waals surface area contributed by atoms with Gasteiger partial charge in [0.2, 0.25) is 0 Å². The maximum Gasteiger partial charge on any atom is 0.311 e. The molecule has 0 radical (unpaired) electrons. The average molecular weight is 267 g/mol. The van der Waals surface area contributed by atoms with Crippen molar-refractivity contribution in [2.45, 2.75) is 53.4 Å². The lowest BCUT2D eigenvalue weighted by molar-refractivity contribution is -0.153. The van der Waals surface area contributed by atoms with Gasteiger partial charge in [-0.2, -0.15) is 0 Å². The van der Waals surface area contributed by atoms with Crippen LogP contribution in [0.1, 0.15) is 53.4 Å². The molecule has 0 saturated heterocycles. The Labute approximate surface area is 98.2 Å². The van der Waals surface area contributed by atoms with E-state index >= 15 is 0 Å². The predicted molar refractivity (Wildman–Crippen MR) is 64.9 cm³/mol. The van der Waals surface area contributed by atoms with Gasteiger partial charge in [0.05, 0.1) is 12.0 Å². The monoisotopic (exact) mass is 266 g/mol. The summed E-state index contributed by atoms with van der Waals surface area (Å²) in [7, 11) is 0. The second-order valence-electron chi connectivity index (χ2n) is 4.06. The van der Waals surface area contributed by atoms with Gasteiger partial charge in [-0.15, -0.1) is 17.0 Å². The third-order valence-electron chi connectivity index (χ3n) is 2.23. The molecular weight excluding hydrogens is 244 g/mol. The summed E-state index contributed by atoms with van der Waals surface area (Å²) < 4.78 is 5.00. The van der Waals surface area contributed by atoms with Crippen molar-refractivity contribution >= 4 is 23.0 Å². The van der Waals surface area contributed by atoms with Gasteiger partial charge >= 0.3 is 5.97 Å². The Morgan fingerprint density at radius 1 is 1.21 bits per heavy atom. The van der Waals surface area contributed by atoms with Crippen molar-refractivity contribution < 1.29 is 9.53 Å². The molecule has 0 amide bonds. The number of hydrogen-bond donors (Lipinski definition) is 0. The highest BCUT2D eigenvalue weighted by Gasteiger charge is 2.27. The first-order valence-corrected chi connectivity index (χ1v) is 5.21. The van der Waals surface area contributed by atoms with E-state index in [2.05, 4.69) is 6.92 Å². The Kier molecular flexibility index (Phi) is 9.68. The summed E-state index contributed by atoms with van der Waals surface area (Å²) >= 11 is 0. The summed E-state index contributed by atoms with van der Waals surface area (Å²) in [6, 6.07) is 0. The standard InChI is InChI=1S/C11H22O2.BrH/c1-5-7-8-9-11(3,4)10(12)13-6-2;/h5-9H2,1-4H3;1H. The van der Waals surface area contributed by atoms with E-state index in [1.165, 1.54) is 12.8 Å². The molecule has 0 atom stereocenters. The molecule has 0 aromatic carbocycles. The Hall–Kier alpha value is -0.0500. The van der Waals surface area contributed by atoms with E-state index < -0.39 is 0 Å². The lowest BCUT2D eigenvalue weighted by Gasteiger charge is -2.21. The molecule has 0 heterocycles. The van der Waals surface area contributed by atoms with Gasteiger partial charge in [-0.1, -0.05) is 26.2 Å². The summed E-state index contributed by atoms with van der Waals surface area (Å²) in [5.41, 5.74) is -0.300. The molecule has 0 aliphatic rings. The molecule has 3 heteroatoms. The number of esters is 1. The van der Waals surface area contributed by atoms with Crippen molar-refractivity contribution in [1.29, 1.82) is 0 Å². The summed E-state index contributed by atoms with van der Waals surface area (Å²) in [5.74, 6) is -0.0638. The topological polar surface area (TPSA) is 26.3 Å². The minimum Gasteiger partial charge on any atom is -0.466 e. The molecule has 0 rings (SSSR count). The van der Waals surface area contributed by atoms with Crippen LogP contribution in [0, 0.1) is 5.41 Å². The first-order valence-electron chi connectivity index (χ1n) is 5.21. The summed E-state index contributed by atoms with van der Waals surface area (Å²) in [5, 5.41) is 0. The molecule has 0 aliphatic carbocycles. The van der Waals surface area contributed by atoms with Crippen LogP contribution in [0.2, 0.25) is 0 Å². The average Bonchev–Trinajstić information content (AvgIpc) is 2.05. The van der Waals surface area contributed by atoms with Crippen molar-refractivity contribution in [3.05, 3.63) is 0 Å². The van der Waals surface area contributed by atoms with E-state index in [0.29, 0.717) is 6.61 Å². The third kappa shape index (κ3) is 6.41. The van der Waals surface area contributed by atoms with Gasteiger partial charge in [0.15, 0.2) is 0 Å². The van der Waals surface area contributed by atoms with Crippen LogP contribution < -0.4 is 0 Å². The number of rotatable bonds is 6. The maximum atomic E-state index is 11.4. The second-order valence-corrected chi connectivity index (χ2v) is 4.06. The molecular formula is C11H23BrO2. The van der Waals surface area contributed by atoms with E-state index in [1.807, 2.05) is 20.8 Å². The molecule has 86 valence electrons.